The molecule has 1 N–H and O–H groups in total. The van der Waals surface area contributed by atoms with Crippen molar-refractivity contribution in [2.75, 3.05) is 32.8 Å². The van der Waals surface area contributed by atoms with E-state index in [1.54, 1.807) is 6.07 Å². The summed E-state index contributed by atoms with van der Waals surface area (Å²) in [6.07, 6.45) is 4.86. The van der Waals surface area contributed by atoms with Crippen LogP contribution in [0.2, 0.25) is 0 Å². The Balaban J connectivity index is 1.29. The van der Waals surface area contributed by atoms with Gasteiger partial charge in [-0.2, -0.15) is 0 Å². The molecule has 1 aromatic heterocycles. The molecule has 1 aliphatic heterocycles. The van der Waals surface area contributed by atoms with Crippen molar-refractivity contribution < 1.29 is 13.9 Å². The summed E-state index contributed by atoms with van der Waals surface area (Å²) >= 11 is 0. The zero-order valence-electron chi connectivity index (χ0n) is 17.6. The number of piperidine rings is 1. The molecule has 0 aliphatic carbocycles. The molecule has 7 heteroatoms. The predicted molar refractivity (Wildman–Crippen MR) is 119 cm³/mol. The highest BCUT2D eigenvalue weighted by Crippen LogP contribution is 2.30. The van der Waals surface area contributed by atoms with Gasteiger partial charge in [-0.3, -0.25) is 4.79 Å². The summed E-state index contributed by atoms with van der Waals surface area (Å²) in [4.78, 5) is 14.7. The van der Waals surface area contributed by atoms with Gasteiger partial charge in [0.1, 0.15) is 5.75 Å². The molecule has 0 bridgehead atoms. The van der Waals surface area contributed by atoms with E-state index in [1.807, 2.05) is 48.5 Å². The van der Waals surface area contributed by atoms with Crippen LogP contribution in [0.15, 0.2) is 59.0 Å². The van der Waals surface area contributed by atoms with Gasteiger partial charge in [-0.1, -0.05) is 36.8 Å². The van der Waals surface area contributed by atoms with Gasteiger partial charge in [-0.25, -0.2) is 0 Å². The molecule has 0 radical (unpaired) electrons. The Morgan fingerprint density at radius 2 is 1.71 bits per heavy atom. The van der Waals surface area contributed by atoms with Gasteiger partial charge >= 0.3 is 0 Å². The maximum absolute atomic E-state index is 12.2. The molecule has 1 amide bonds. The van der Waals surface area contributed by atoms with Gasteiger partial charge < -0.3 is 19.4 Å². The first kappa shape index (κ1) is 21.1. The number of rotatable bonds is 9. The summed E-state index contributed by atoms with van der Waals surface area (Å²) in [5.74, 6) is 1.20. The lowest BCUT2D eigenvalue weighted by Crippen LogP contribution is -2.34. The van der Waals surface area contributed by atoms with Crippen molar-refractivity contribution in [1.82, 2.24) is 20.4 Å². The summed E-state index contributed by atoms with van der Waals surface area (Å²) < 4.78 is 11.6. The monoisotopic (exact) mass is 420 g/mol. The van der Waals surface area contributed by atoms with E-state index in [1.165, 1.54) is 32.4 Å². The fourth-order valence-corrected chi connectivity index (χ4v) is 3.71. The Morgan fingerprint density at radius 1 is 0.968 bits per heavy atom. The number of nitrogens with one attached hydrogen (secondary N) is 1. The molecule has 2 aromatic carbocycles. The van der Waals surface area contributed by atoms with Crippen molar-refractivity contribution in [1.29, 1.82) is 0 Å². The number of amides is 1. The third-order valence-corrected chi connectivity index (χ3v) is 5.34. The molecule has 1 fully saturated rings. The van der Waals surface area contributed by atoms with Crippen molar-refractivity contribution in [2.45, 2.75) is 25.7 Å². The Morgan fingerprint density at radius 3 is 2.55 bits per heavy atom. The largest absolute Gasteiger partial charge is 0.483 e. The van der Waals surface area contributed by atoms with Crippen LogP contribution >= 0.6 is 0 Å². The second kappa shape index (κ2) is 10.7. The molecule has 3 aromatic rings. The fourth-order valence-electron chi connectivity index (χ4n) is 3.71. The lowest BCUT2D eigenvalue weighted by Gasteiger charge is -2.26. The van der Waals surface area contributed by atoms with E-state index in [0.29, 0.717) is 29.6 Å². The van der Waals surface area contributed by atoms with Crippen LogP contribution in [0.1, 0.15) is 25.7 Å². The number of benzene rings is 2. The van der Waals surface area contributed by atoms with E-state index in [4.69, 9.17) is 9.15 Å². The van der Waals surface area contributed by atoms with Gasteiger partial charge in [-0.05, 0) is 63.2 Å². The smallest absolute Gasteiger partial charge is 0.257 e. The van der Waals surface area contributed by atoms with E-state index < -0.39 is 0 Å². The van der Waals surface area contributed by atoms with Crippen molar-refractivity contribution in [2.24, 2.45) is 0 Å². The van der Waals surface area contributed by atoms with Crippen LogP contribution in [0.25, 0.3) is 22.9 Å². The molecule has 31 heavy (non-hydrogen) atoms. The maximum Gasteiger partial charge on any atom is 0.257 e. The van der Waals surface area contributed by atoms with Crippen LogP contribution in [0.3, 0.4) is 0 Å². The number of likely N-dealkylation sites (tertiary alicyclic amines) is 1. The molecule has 0 atom stereocenters. The standard InChI is InChI=1S/C24H28N4O3/c29-22(25-14-9-17-28-15-7-2-8-16-28)18-30-21-13-6-5-12-20(21)24-27-26-23(31-24)19-10-3-1-4-11-19/h1,3-6,10-13H,2,7-9,14-18H2,(H,25,29). The number of para-hydroxylation sites is 1. The molecule has 1 saturated heterocycles. The molecular weight excluding hydrogens is 392 g/mol. The molecule has 162 valence electrons. The van der Waals surface area contributed by atoms with E-state index in [-0.39, 0.29) is 12.5 Å². The van der Waals surface area contributed by atoms with Crippen molar-refractivity contribution in [3.8, 4) is 28.7 Å². The average molecular weight is 421 g/mol. The summed E-state index contributed by atoms with van der Waals surface area (Å²) in [6.45, 7) is 3.99. The van der Waals surface area contributed by atoms with Gasteiger partial charge in [0.25, 0.3) is 11.8 Å². The molecule has 2 heterocycles. The second-order valence-corrected chi connectivity index (χ2v) is 7.67. The minimum Gasteiger partial charge on any atom is -0.483 e. The SMILES string of the molecule is O=C(COc1ccccc1-c1nnc(-c2ccccc2)o1)NCCCN1CCCCC1. The number of hydrogen-bond acceptors (Lipinski definition) is 6. The van der Waals surface area contributed by atoms with E-state index in [2.05, 4.69) is 20.4 Å². The number of carbonyl (C=O) groups excluding carboxylic acids is 1. The van der Waals surface area contributed by atoms with E-state index in [9.17, 15) is 4.79 Å². The summed E-state index contributed by atoms with van der Waals surface area (Å²) in [5.41, 5.74) is 1.51. The van der Waals surface area contributed by atoms with Crippen LogP contribution in [0.5, 0.6) is 5.75 Å². The highest BCUT2D eigenvalue weighted by Gasteiger charge is 2.15. The van der Waals surface area contributed by atoms with Crippen LogP contribution < -0.4 is 10.1 Å². The van der Waals surface area contributed by atoms with Crippen LogP contribution in [-0.4, -0.2) is 53.8 Å². The van der Waals surface area contributed by atoms with Crippen LogP contribution in [0, 0.1) is 0 Å². The predicted octanol–water partition coefficient (Wildman–Crippen LogP) is 3.77. The lowest BCUT2D eigenvalue weighted by molar-refractivity contribution is -0.123. The second-order valence-electron chi connectivity index (χ2n) is 7.67. The van der Waals surface area contributed by atoms with Crippen molar-refractivity contribution in [3.05, 3.63) is 54.6 Å². The van der Waals surface area contributed by atoms with Crippen molar-refractivity contribution in [3.63, 3.8) is 0 Å². The third kappa shape index (κ3) is 5.92. The van der Waals surface area contributed by atoms with E-state index >= 15 is 0 Å². The van der Waals surface area contributed by atoms with Crippen LogP contribution in [0.4, 0.5) is 0 Å². The molecule has 4 rings (SSSR count). The lowest BCUT2D eigenvalue weighted by atomic mass is 10.1. The molecule has 0 spiro atoms. The number of hydrogen-bond donors (Lipinski definition) is 1. The Bertz CT molecular complexity index is 968. The first-order valence-electron chi connectivity index (χ1n) is 10.9. The molecule has 1 aliphatic rings. The summed E-state index contributed by atoms with van der Waals surface area (Å²) in [6, 6.07) is 17.0. The number of aromatic nitrogens is 2. The maximum atomic E-state index is 12.2. The molecular formula is C24H28N4O3. The number of carbonyl (C=O) groups is 1. The number of nitrogens with zero attached hydrogens (tertiary/aromatic N) is 3. The molecule has 0 unspecified atom stereocenters. The highest BCUT2D eigenvalue weighted by atomic mass is 16.5. The quantitative estimate of drug-likeness (QED) is 0.531. The zero-order valence-corrected chi connectivity index (χ0v) is 17.6. The average Bonchev–Trinajstić information content (AvgIpc) is 3.32. The first-order chi connectivity index (χ1) is 15.3. The van der Waals surface area contributed by atoms with Gasteiger partial charge in [0.2, 0.25) is 5.89 Å². The van der Waals surface area contributed by atoms with Crippen molar-refractivity contribution >= 4 is 5.91 Å². The summed E-state index contributed by atoms with van der Waals surface area (Å²) in [5, 5.41) is 11.2. The van der Waals surface area contributed by atoms with Crippen LogP contribution in [-0.2, 0) is 4.79 Å². The van der Waals surface area contributed by atoms with Gasteiger partial charge in [0.15, 0.2) is 6.61 Å². The topological polar surface area (TPSA) is 80.5 Å². The van der Waals surface area contributed by atoms with E-state index in [0.717, 1.165) is 18.5 Å². The fraction of sp³-hybridized carbons (Fsp3) is 0.375. The summed E-state index contributed by atoms with van der Waals surface area (Å²) in [7, 11) is 0. The number of ether oxygens (including phenoxy) is 1. The minimum atomic E-state index is -0.135. The third-order valence-electron chi connectivity index (χ3n) is 5.34. The van der Waals surface area contributed by atoms with Gasteiger partial charge in [-0.15, -0.1) is 10.2 Å². The molecule has 0 saturated carbocycles. The first-order valence-corrected chi connectivity index (χ1v) is 10.9. The normalized spacial score (nSPS) is 14.3. The molecule has 7 nitrogen and oxygen atoms in total. The highest BCUT2D eigenvalue weighted by molar-refractivity contribution is 5.77. The Labute approximate surface area is 182 Å². The Hall–Kier alpha value is -3.19. The van der Waals surface area contributed by atoms with Gasteiger partial charge in [0.05, 0.1) is 5.56 Å². The van der Waals surface area contributed by atoms with Gasteiger partial charge in [0, 0.05) is 12.1 Å². The Kier molecular flexibility index (Phi) is 7.28. The minimum absolute atomic E-state index is 0.0552. The zero-order chi connectivity index (χ0) is 21.3.